The maximum Gasteiger partial charge on any atom is 0.0124 e. The molecule has 100 valence electrons. The van der Waals surface area contributed by atoms with Crippen molar-refractivity contribution in [1.29, 1.82) is 0 Å². The summed E-state index contributed by atoms with van der Waals surface area (Å²) in [6, 6.07) is 1.64. The Labute approximate surface area is 107 Å². The van der Waals surface area contributed by atoms with Gasteiger partial charge in [-0.15, -0.1) is 0 Å². The average Bonchev–Trinajstić information content (AvgIpc) is 3.17. The van der Waals surface area contributed by atoms with Crippen LogP contribution < -0.4 is 5.32 Å². The first kappa shape index (κ1) is 13.4. The van der Waals surface area contributed by atoms with E-state index < -0.39 is 0 Å². The molecule has 0 bridgehead atoms. The van der Waals surface area contributed by atoms with Crippen LogP contribution in [-0.4, -0.2) is 37.1 Å². The van der Waals surface area contributed by atoms with Crippen LogP contribution in [0.15, 0.2) is 0 Å². The summed E-state index contributed by atoms with van der Waals surface area (Å²) >= 11 is 0. The molecule has 2 aliphatic carbocycles. The van der Waals surface area contributed by atoms with E-state index in [0.29, 0.717) is 0 Å². The summed E-state index contributed by atoms with van der Waals surface area (Å²) in [6.07, 6.45) is 8.49. The fraction of sp³-hybridized carbons (Fsp3) is 1.00. The highest BCUT2D eigenvalue weighted by molar-refractivity contribution is 4.96. The minimum Gasteiger partial charge on any atom is -0.312 e. The van der Waals surface area contributed by atoms with Gasteiger partial charge in [0.1, 0.15) is 0 Å². The van der Waals surface area contributed by atoms with Crippen molar-refractivity contribution >= 4 is 0 Å². The third-order valence-electron chi connectivity index (χ3n) is 4.67. The van der Waals surface area contributed by atoms with Crippen molar-refractivity contribution in [2.24, 2.45) is 11.8 Å². The molecular weight excluding hydrogens is 208 g/mol. The second-order valence-electron chi connectivity index (χ2n) is 6.11. The van der Waals surface area contributed by atoms with Gasteiger partial charge in [0.05, 0.1) is 0 Å². The highest BCUT2D eigenvalue weighted by Gasteiger charge is 2.40. The van der Waals surface area contributed by atoms with Crippen LogP contribution in [0.1, 0.15) is 52.4 Å². The van der Waals surface area contributed by atoms with E-state index >= 15 is 0 Å². The maximum atomic E-state index is 3.84. The Morgan fingerprint density at radius 1 is 1.06 bits per heavy atom. The number of nitrogens with zero attached hydrogens (tertiary/aromatic N) is 1. The van der Waals surface area contributed by atoms with E-state index in [1.807, 2.05) is 0 Å². The lowest BCUT2D eigenvalue weighted by Gasteiger charge is -2.27. The van der Waals surface area contributed by atoms with Crippen molar-refractivity contribution in [3.8, 4) is 0 Å². The number of rotatable bonds is 9. The zero-order chi connectivity index (χ0) is 12.3. The van der Waals surface area contributed by atoms with E-state index in [-0.39, 0.29) is 0 Å². The van der Waals surface area contributed by atoms with E-state index in [0.717, 1.165) is 23.9 Å². The van der Waals surface area contributed by atoms with Gasteiger partial charge in [-0.3, -0.25) is 0 Å². The topological polar surface area (TPSA) is 15.3 Å². The summed E-state index contributed by atoms with van der Waals surface area (Å²) in [5.41, 5.74) is 0. The molecule has 17 heavy (non-hydrogen) atoms. The zero-order valence-corrected chi connectivity index (χ0v) is 11.9. The lowest BCUT2D eigenvalue weighted by molar-refractivity contribution is 0.224. The van der Waals surface area contributed by atoms with Crippen LogP contribution in [0.25, 0.3) is 0 Å². The first-order valence-electron chi connectivity index (χ1n) is 7.69. The van der Waals surface area contributed by atoms with Crippen LogP contribution in [-0.2, 0) is 0 Å². The van der Waals surface area contributed by atoms with Crippen molar-refractivity contribution < 1.29 is 0 Å². The van der Waals surface area contributed by atoms with Crippen LogP contribution in [0.4, 0.5) is 0 Å². The molecule has 0 saturated heterocycles. The Kier molecular flexibility index (Phi) is 4.87. The van der Waals surface area contributed by atoms with Gasteiger partial charge in [-0.2, -0.15) is 0 Å². The number of nitrogens with one attached hydrogen (secondary N) is 1. The third kappa shape index (κ3) is 3.96. The van der Waals surface area contributed by atoms with Crippen LogP contribution in [0.3, 0.4) is 0 Å². The SMILES string of the molecule is CCC(CC)N(C)CCNC(C1CC1)C1CC1. The summed E-state index contributed by atoms with van der Waals surface area (Å²) < 4.78 is 0. The maximum absolute atomic E-state index is 3.84. The summed E-state index contributed by atoms with van der Waals surface area (Å²) in [7, 11) is 2.28. The monoisotopic (exact) mass is 238 g/mol. The molecule has 0 heterocycles. The lowest BCUT2D eigenvalue weighted by atomic mass is 10.1. The van der Waals surface area contributed by atoms with Crippen LogP contribution in [0.5, 0.6) is 0 Å². The minimum absolute atomic E-state index is 0.775. The average molecular weight is 238 g/mol. The normalized spacial score (nSPS) is 20.8. The third-order valence-corrected chi connectivity index (χ3v) is 4.67. The number of hydrogen-bond acceptors (Lipinski definition) is 2. The van der Waals surface area contributed by atoms with Crippen molar-refractivity contribution in [2.45, 2.75) is 64.5 Å². The van der Waals surface area contributed by atoms with Gasteiger partial charge in [0.15, 0.2) is 0 Å². The molecule has 2 rings (SSSR count). The number of hydrogen-bond donors (Lipinski definition) is 1. The molecule has 0 atom stereocenters. The molecule has 0 aliphatic heterocycles. The predicted octanol–water partition coefficient (Wildman–Crippen LogP) is 2.89. The van der Waals surface area contributed by atoms with Gasteiger partial charge in [0, 0.05) is 25.2 Å². The zero-order valence-electron chi connectivity index (χ0n) is 11.9. The first-order valence-corrected chi connectivity index (χ1v) is 7.69. The Hall–Kier alpha value is -0.0800. The highest BCUT2D eigenvalue weighted by Crippen LogP contribution is 2.44. The van der Waals surface area contributed by atoms with Crippen molar-refractivity contribution in [2.75, 3.05) is 20.1 Å². The minimum atomic E-state index is 0.775. The Morgan fingerprint density at radius 2 is 1.59 bits per heavy atom. The molecule has 2 saturated carbocycles. The smallest absolute Gasteiger partial charge is 0.0124 e. The summed E-state index contributed by atoms with van der Waals surface area (Å²) in [5, 5.41) is 3.84. The molecule has 0 aromatic rings. The fourth-order valence-electron chi connectivity index (χ4n) is 3.13. The van der Waals surface area contributed by atoms with Crippen molar-refractivity contribution in [3.63, 3.8) is 0 Å². The second kappa shape index (κ2) is 6.19. The Bertz CT molecular complexity index is 205. The quantitative estimate of drug-likeness (QED) is 0.664. The van der Waals surface area contributed by atoms with Gasteiger partial charge >= 0.3 is 0 Å². The van der Waals surface area contributed by atoms with Crippen LogP contribution in [0.2, 0.25) is 0 Å². The van der Waals surface area contributed by atoms with Crippen molar-refractivity contribution in [1.82, 2.24) is 10.2 Å². The molecule has 2 fully saturated rings. The fourth-order valence-corrected chi connectivity index (χ4v) is 3.13. The van der Waals surface area contributed by atoms with Gasteiger partial charge in [0.25, 0.3) is 0 Å². The molecule has 1 N–H and O–H groups in total. The van der Waals surface area contributed by atoms with E-state index in [1.165, 1.54) is 51.6 Å². The molecule has 0 radical (unpaired) electrons. The van der Waals surface area contributed by atoms with E-state index in [2.05, 4.69) is 31.1 Å². The van der Waals surface area contributed by atoms with Crippen molar-refractivity contribution in [3.05, 3.63) is 0 Å². The summed E-state index contributed by atoms with van der Waals surface area (Å²) in [4.78, 5) is 2.53. The molecule has 0 aromatic carbocycles. The van der Waals surface area contributed by atoms with Gasteiger partial charge in [-0.1, -0.05) is 13.8 Å². The van der Waals surface area contributed by atoms with E-state index in [4.69, 9.17) is 0 Å². The molecule has 2 nitrogen and oxygen atoms in total. The molecule has 0 spiro atoms. The van der Waals surface area contributed by atoms with Gasteiger partial charge in [0.2, 0.25) is 0 Å². The van der Waals surface area contributed by atoms with E-state index in [1.54, 1.807) is 0 Å². The van der Waals surface area contributed by atoms with Crippen LogP contribution >= 0.6 is 0 Å². The predicted molar refractivity (Wildman–Crippen MR) is 74.2 cm³/mol. The lowest BCUT2D eigenvalue weighted by Crippen LogP contribution is -2.41. The molecular formula is C15H30N2. The van der Waals surface area contributed by atoms with E-state index in [9.17, 15) is 0 Å². The molecule has 2 aliphatic rings. The first-order chi connectivity index (χ1) is 8.26. The molecule has 2 heteroatoms. The van der Waals surface area contributed by atoms with Crippen LogP contribution in [0, 0.1) is 11.8 Å². The summed E-state index contributed by atoms with van der Waals surface area (Å²) in [6.45, 7) is 7.00. The highest BCUT2D eigenvalue weighted by atomic mass is 15.1. The molecule has 0 aromatic heterocycles. The van der Waals surface area contributed by atoms with Gasteiger partial charge in [-0.25, -0.2) is 0 Å². The standard InChI is InChI=1S/C15H30N2/c1-4-14(5-2)17(3)11-10-16-15(12-6-7-12)13-8-9-13/h12-16H,4-11H2,1-3H3. The largest absolute Gasteiger partial charge is 0.312 e. The Morgan fingerprint density at radius 3 is 2.00 bits per heavy atom. The Balaban J connectivity index is 1.63. The molecule has 0 unspecified atom stereocenters. The van der Waals surface area contributed by atoms with Gasteiger partial charge < -0.3 is 10.2 Å². The second-order valence-corrected chi connectivity index (χ2v) is 6.11. The molecule has 0 amide bonds. The van der Waals surface area contributed by atoms with Gasteiger partial charge in [-0.05, 0) is 57.4 Å². The summed E-state index contributed by atoms with van der Waals surface area (Å²) in [5.74, 6) is 2.06. The number of likely N-dealkylation sites (N-methyl/N-ethyl adjacent to an activating group) is 1.